The number of benzene rings is 1. The predicted octanol–water partition coefficient (Wildman–Crippen LogP) is 3.11. The molecule has 0 aliphatic rings. The van der Waals surface area contributed by atoms with E-state index in [1.165, 1.54) is 5.56 Å². The quantitative estimate of drug-likeness (QED) is 0.735. The molecule has 0 aromatic heterocycles. The molecular weight excluding hydrogens is 208 g/mol. The summed E-state index contributed by atoms with van der Waals surface area (Å²) in [6, 6.07) is 7.56. The van der Waals surface area contributed by atoms with Gasteiger partial charge in [0.1, 0.15) is 0 Å². The van der Waals surface area contributed by atoms with Crippen molar-refractivity contribution < 1.29 is 9.53 Å². The average Bonchev–Trinajstić information content (AvgIpc) is 2.18. The van der Waals surface area contributed by atoms with Gasteiger partial charge < -0.3 is 4.74 Å². The number of thioether (sulfide) groups is 1. The van der Waals surface area contributed by atoms with E-state index in [2.05, 4.69) is 6.26 Å². The first-order valence-corrected chi connectivity index (χ1v) is 6.31. The van der Waals surface area contributed by atoms with Gasteiger partial charge in [-0.2, -0.15) is 11.8 Å². The van der Waals surface area contributed by atoms with Crippen molar-refractivity contribution in [2.75, 3.05) is 6.26 Å². The molecule has 0 unspecified atom stereocenters. The molecular formula is C12H16O2S. The lowest BCUT2D eigenvalue weighted by Gasteiger charge is -2.07. The molecule has 0 saturated heterocycles. The minimum absolute atomic E-state index is 0.0663. The Kier molecular flexibility index (Phi) is 4.69. The third-order valence-corrected chi connectivity index (χ3v) is 2.47. The predicted molar refractivity (Wildman–Crippen MR) is 64.2 cm³/mol. The van der Waals surface area contributed by atoms with E-state index in [0.717, 1.165) is 5.75 Å². The van der Waals surface area contributed by atoms with E-state index in [1.807, 2.05) is 38.1 Å². The maximum atomic E-state index is 11.5. The molecule has 0 heterocycles. The van der Waals surface area contributed by atoms with Gasteiger partial charge in [-0.25, -0.2) is 4.79 Å². The fourth-order valence-corrected chi connectivity index (χ4v) is 1.71. The Labute approximate surface area is 95.0 Å². The second-order valence-electron chi connectivity index (χ2n) is 3.58. The van der Waals surface area contributed by atoms with Gasteiger partial charge in [0.2, 0.25) is 0 Å². The molecule has 0 aliphatic carbocycles. The topological polar surface area (TPSA) is 26.3 Å². The van der Waals surface area contributed by atoms with Crippen LogP contribution < -0.4 is 0 Å². The second-order valence-corrected chi connectivity index (χ2v) is 4.45. The molecule has 82 valence electrons. The molecule has 0 atom stereocenters. The first kappa shape index (κ1) is 12.1. The molecule has 0 amide bonds. The van der Waals surface area contributed by atoms with E-state index in [9.17, 15) is 4.79 Å². The van der Waals surface area contributed by atoms with E-state index >= 15 is 0 Å². The lowest BCUT2D eigenvalue weighted by molar-refractivity contribution is 0.0378. The molecule has 0 radical (unpaired) electrons. The third-order valence-electron chi connectivity index (χ3n) is 1.84. The van der Waals surface area contributed by atoms with Crippen LogP contribution in [0.4, 0.5) is 0 Å². The molecule has 0 spiro atoms. The van der Waals surface area contributed by atoms with Gasteiger partial charge in [-0.3, -0.25) is 0 Å². The SMILES string of the molecule is CSCc1ccc(C(=O)OC(C)C)cc1. The van der Waals surface area contributed by atoms with Gasteiger partial charge in [0.25, 0.3) is 0 Å². The molecule has 0 bridgehead atoms. The molecule has 0 aliphatic heterocycles. The highest BCUT2D eigenvalue weighted by Gasteiger charge is 2.08. The Balaban J connectivity index is 2.67. The summed E-state index contributed by atoms with van der Waals surface area (Å²) in [7, 11) is 0. The molecule has 2 nitrogen and oxygen atoms in total. The Bertz CT molecular complexity index is 317. The molecule has 3 heteroatoms. The zero-order chi connectivity index (χ0) is 11.3. The lowest BCUT2D eigenvalue weighted by atomic mass is 10.1. The van der Waals surface area contributed by atoms with Gasteiger partial charge in [0, 0.05) is 5.75 Å². The zero-order valence-corrected chi connectivity index (χ0v) is 10.1. The van der Waals surface area contributed by atoms with Crippen LogP contribution >= 0.6 is 11.8 Å². The number of esters is 1. The van der Waals surface area contributed by atoms with Gasteiger partial charge in [-0.1, -0.05) is 12.1 Å². The Morgan fingerprint density at radius 2 is 1.93 bits per heavy atom. The van der Waals surface area contributed by atoms with Crippen LogP contribution in [0.5, 0.6) is 0 Å². The van der Waals surface area contributed by atoms with E-state index in [4.69, 9.17) is 4.74 Å². The summed E-state index contributed by atoms with van der Waals surface area (Å²) in [5.74, 6) is 0.722. The zero-order valence-electron chi connectivity index (χ0n) is 9.32. The van der Waals surface area contributed by atoms with Gasteiger partial charge in [-0.15, -0.1) is 0 Å². The molecule has 1 aromatic carbocycles. The van der Waals surface area contributed by atoms with Crippen molar-refractivity contribution in [2.45, 2.75) is 25.7 Å². The Morgan fingerprint density at radius 1 is 1.33 bits per heavy atom. The number of carbonyl (C=O) groups is 1. The van der Waals surface area contributed by atoms with Crippen LogP contribution in [0.3, 0.4) is 0 Å². The van der Waals surface area contributed by atoms with Crippen molar-refractivity contribution in [1.29, 1.82) is 0 Å². The largest absolute Gasteiger partial charge is 0.459 e. The second kappa shape index (κ2) is 5.81. The summed E-state index contributed by atoms with van der Waals surface area (Å²) in [4.78, 5) is 11.5. The number of carbonyl (C=O) groups excluding carboxylic acids is 1. The fourth-order valence-electron chi connectivity index (χ4n) is 1.19. The van der Waals surface area contributed by atoms with E-state index in [1.54, 1.807) is 11.8 Å². The minimum Gasteiger partial charge on any atom is -0.459 e. The number of ether oxygens (including phenoxy) is 1. The number of hydrogen-bond donors (Lipinski definition) is 0. The highest BCUT2D eigenvalue weighted by molar-refractivity contribution is 7.97. The van der Waals surface area contributed by atoms with Crippen molar-refractivity contribution in [3.05, 3.63) is 35.4 Å². The van der Waals surface area contributed by atoms with Crippen LogP contribution in [-0.2, 0) is 10.5 Å². The molecule has 0 saturated carbocycles. The number of rotatable bonds is 4. The molecule has 0 fully saturated rings. The highest BCUT2D eigenvalue weighted by atomic mass is 32.2. The summed E-state index contributed by atoms with van der Waals surface area (Å²) < 4.78 is 5.09. The van der Waals surface area contributed by atoms with Crippen LogP contribution in [0.2, 0.25) is 0 Å². The molecule has 1 rings (SSSR count). The Morgan fingerprint density at radius 3 is 2.40 bits per heavy atom. The normalized spacial score (nSPS) is 10.4. The minimum atomic E-state index is -0.249. The van der Waals surface area contributed by atoms with E-state index < -0.39 is 0 Å². The van der Waals surface area contributed by atoms with Crippen LogP contribution in [0.25, 0.3) is 0 Å². The van der Waals surface area contributed by atoms with Crippen molar-refractivity contribution in [1.82, 2.24) is 0 Å². The van der Waals surface area contributed by atoms with Gasteiger partial charge in [0.15, 0.2) is 0 Å². The third kappa shape index (κ3) is 3.96. The van der Waals surface area contributed by atoms with Crippen LogP contribution in [0.1, 0.15) is 29.8 Å². The fraction of sp³-hybridized carbons (Fsp3) is 0.417. The standard InChI is InChI=1S/C12H16O2S/c1-9(2)14-12(13)11-6-4-10(5-7-11)8-15-3/h4-7,9H,8H2,1-3H3. The van der Waals surface area contributed by atoms with Crippen molar-refractivity contribution in [3.63, 3.8) is 0 Å². The molecule has 15 heavy (non-hydrogen) atoms. The lowest BCUT2D eigenvalue weighted by Crippen LogP contribution is -2.11. The highest BCUT2D eigenvalue weighted by Crippen LogP contribution is 2.11. The summed E-state index contributed by atoms with van der Waals surface area (Å²) in [5, 5.41) is 0. The maximum absolute atomic E-state index is 11.5. The summed E-state index contributed by atoms with van der Waals surface area (Å²) in [5.41, 5.74) is 1.84. The van der Waals surface area contributed by atoms with Crippen LogP contribution in [0.15, 0.2) is 24.3 Å². The van der Waals surface area contributed by atoms with E-state index in [0.29, 0.717) is 5.56 Å². The average molecular weight is 224 g/mol. The first-order valence-electron chi connectivity index (χ1n) is 4.92. The van der Waals surface area contributed by atoms with Gasteiger partial charge in [-0.05, 0) is 37.8 Å². The molecule has 1 aromatic rings. The Hall–Kier alpha value is -0.960. The summed E-state index contributed by atoms with van der Waals surface area (Å²) >= 11 is 1.76. The monoisotopic (exact) mass is 224 g/mol. The van der Waals surface area contributed by atoms with Crippen LogP contribution in [-0.4, -0.2) is 18.3 Å². The summed E-state index contributed by atoms with van der Waals surface area (Å²) in [6.45, 7) is 3.69. The van der Waals surface area contributed by atoms with Gasteiger partial charge in [0.05, 0.1) is 11.7 Å². The maximum Gasteiger partial charge on any atom is 0.338 e. The number of hydrogen-bond acceptors (Lipinski definition) is 3. The first-order chi connectivity index (χ1) is 7.13. The van der Waals surface area contributed by atoms with Crippen LogP contribution in [0, 0.1) is 0 Å². The van der Waals surface area contributed by atoms with E-state index in [-0.39, 0.29) is 12.1 Å². The van der Waals surface area contributed by atoms with Crippen molar-refractivity contribution in [2.24, 2.45) is 0 Å². The van der Waals surface area contributed by atoms with Gasteiger partial charge >= 0.3 is 5.97 Å². The molecule has 0 N–H and O–H groups in total. The smallest absolute Gasteiger partial charge is 0.338 e. The van der Waals surface area contributed by atoms with Crippen molar-refractivity contribution >= 4 is 17.7 Å². The summed E-state index contributed by atoms with van der Waals surface area (Å²) in [6.07, 6.45) is 1.99. The van der Waals surface area contributed by atoms with Crippen molar-refractivity contribution in [3.8, 4) is 0 Å².